The Kier molecular flexibility index (Phi) is 5.51. The van der Waals surface area contributed by atoms with Crippen LogP contribution in [0.4, 0.5) is 11.6 Å². The number of rotatable bonds is 5. The number of piperazine rings is 1. The number of hydrogen-bond donors (Lipinski definition) is 1. The molecule has 0 bridgehead atoms. The molecular formula is C21H25N7O3S. The molecule has 168 valence electrons. The van der Waals surface area contributed by atoms with Crippen LogP contribution >= 0.6 is 0 Å². The second kappa shape index (κ2) is 8.47. The zero-order valence-electron chi connectivity index (χ0n) is 17.6. The van der Waals surface area contributed by atoms with E-state index >= 15 is 0 Å². The van der Waals surface area contributed by atoms with E-state index in [-0.39, 0.29) is 17.0 Å². The van der Waals surface area contributed by atoms with Gasteiger partial charge in [-0.2, -0.15) is 4.31 Å². The minimum atomic E-state index is -3.23. The van der Waals surface area contributed by atoms with Crippen molar-refractivity contribution in [3.05, 3.63) is 36.5 Å². The molecule has 1 saturated carbocycles. The van der Waals surface area contributed by atoms with Crippen molar-refractivity contribution in [3.8, 4) is 23.0 Å². The van der Waals surface area contributed by atoms with Gasteiger partial charge in [-0.25, -0.2) is 18.4 Å². The van der Waals surface area contributed by atoms with Gasteiger partial charge >= 0.3 is 0 Å². The van der Waals surface area contributed by atoms with E-state index in [0.29, 0.717) is 43.6 Å². The minimum absolute atomic E-state index is 0.193. The van der Waals surface area contributed by atoms with Gasteiger partial charge in [0.1, 0.15) is 5.82 Å². The number of aromatic nitrogens is 4. The molecule has 1 aliphatic carbocycles. The Morgan fingerprint density at radius 2 is 1.66 bits per heavy atom. The Labute approximate surface area is 186 Å². The fourth-order valence-electron chi connectivity index (χ4n) is 4.28. The lowest BCUT2D eigenvalue weighted by molar-refractivity contribution is 0.377. The first kappa shape index (κ1) is 20.8. The summed E-state index contributed by atoms with van der Waals surface area (Å²) in [7, 11) is -3.23. The highest BCUT2D eigenvalue weighted by Gasteiger charge is 2.36. The van der Waals surface area contributed by atoms with Crippen LogP contribution in [0.5, 0.6) is 0 Å². The van der Waals surface area contributed by atoms with Crippen molar-refractivity contribution in [3.63, 3.8) is 0 Å². The molecule has 3 aromatic rings. The molecule has 1 aliphatic heterocycles. The van der Waals surface area contributed by atoms with Crippen molar-refractivity contribution >= 4 is 21.7 Å². The lowest BCUT2D eigenvalue weighted by atomic mass is 10.2. The molecule has 2 aliphatic rings. The van der Waals surface area contributed by atoms with Crippen LogP contribution in [-0.2, 0) is 10.0 Å². The maximum absolute atomic E-state index is 12.9. The standard InChI is InChI=1S/C21H25N7O3S/c22-19-18(21-26-25-20(31-21)15-6-2-1-3-7-15)24-17(14-23-19)27-10-12-28(13-11-27)32(29,30)16-8-4-5-9-16/h1-3,6-7,14,16H,4-5,8-13H2,(H2,22,23). The number of nitrogens with zero attached hydrogens (tertiary/aromatic N) is 6. The van der Waals surface area contributed by atoms with Gasteiger partial charge in [0.2, 0.25) is 15.9 Å². The summed E-state index contributed by atoms with van der Waals surface area (Å²) < 4.78 is 33.1. The van der Waals surface area contributed by atoms with Crippen LogP contribution < -0.4 is 10.6 Å². The molecule has 2 aromatic heterocycles. The normalized spacial score (nSPS) is 18.3. The maximum atomic E-state index is 12.9. The lowest BCUT2D eigenvalue weighted by Crippen LogP contribution is -2.51. The quantitative estimate of drug-likeness (QED) is 0.615. The van der Waals surface area contributed by atoms with Crippen LogP contribution in [0.25, 0.3) is 23.0 Å². The summed E-state index contributed by atoms with van der Waals surface area (Å²) in [5.74, 6) is 1.36. The molecule has 0 unspecified atom stereocenters. The Bertz CT molecular complexity index is 1190. The van der Waals surface area contributed by atoms with Gasteiger partial charge in [0.05, 0.1) is 11.4 Å². The topological polar surface area (TPSA) is 131 Å². The molecule has 3 heterocycles. The van der Waals surface area contributed by atoms with Crippen LogP contribution in [0.15, 0.2) is 40.9 Å². The van der Waals surface area contributed by atoms with Gasteiger partial charge in [0.15, 0.2) is 11.5 Å². The van der Waals surface area contributed by atoms with E-state index in [1.54, 1.807) is 10.5 Å². The summed E-state index contributed by atoms with van der Waals surface area (Å²) in [6, 6.07) is 9.44. The predicted molar refractivity (Wildman–Crippen MR) is 120 cm³/mol. The number of anilines is 2. The molecule has 1 saturated heterocycles. The molecule has 11 heteroatoms. The third-order valence-corrected chi connectivity index (χ3v) is 8.48. The molecule has 32 heavy (non-hydrogen) atoms. The van der Waals surface area contributed by atoms with Crippen molar-refractivity contribution in [1.82, 2.24) is 24.5 Å². The van der Waals surface area contributed by atoms with E-state index in [0.717, 1.165) is 31.2 Å². The number of benzene rings is 1. The largest absolute Gasteiger partial charge is 0.414 e. The van der Waals surface area contributed by atoms with Crippen molar-refractivity contribution in [2.75, 3.05) is 36.8 Å². The summed E-state index contributed by atoms with van der Waals surface area (Å²) >= 11 is 0. The highest BCUT2D eigenvalue weighted by molar-refractivity contribution is 7.89. The molecule has 10 nitrogen and oxygen atoms in total. The molecule has 2 fully saturated rings. The zero-order chi connectivity index (χ0) is 22.1. The van der Waals surface area contributed by atoms with E-state index in [4.69, 9.17) is 10.2 Å². The van der Waals surface area contributed by atoms with Gasteiger partial charge < -0.3 is 15.1 Å². The summed E-state index contributed by atoms with van der Waals surface area (Å²) in [6.45, 7) is 1.92. The van der Waals surface area contributed by atoms with Gasteiger partial charge in [-0.3, -0.25) is 0 Å². The van der Waals surface area contributed by atoms with E-state index in [1.165, 1.54) is 0 Å². The van der Waals surface area contributed by atoms with Crippen LogP contribution in [-0.4, -0.2) is 64.3 Å². The first-order chi connectivity index (χ1) is 15.5. The third kappa shape index (κ3) is 3.93. The van der Waals surface area contributed by atoms with Crippen molar-refractivity contribution in [2.24, 2.45) is 0 Å². The van der Waals surface area contributed by atoms with E-state index in [1.807, 2.05) is 35.2 Å². The van der Waals surface area contributed by atoms with Gasteiger partial charge in [-0.1, -0.05) is 31.0 Å². The van der Waals surface area contributed by atoms with Gasteiger partial charge in [-0.15, -0.1) is 10.2 Å². The van der Waals surface area contributed by atoms with Crippen molar-refractivity contribution in [2.45, 2.75) is 30.9 Å². The summed E-state index contributed by atoms with van der Waals surface area (Å²) in [4.78, 5) is 10.9. The third-order valence-electron chi connectivity index (χ3n) is 6.08. The van der Waals surface area contributed by atoms with Gasteiger partial charge in [0, 0.05) is 31.7 Å². The van der Waals surface area contributed by atoms with Crippen LogP contribution in [0, 0.1) is 0 Å². The molecule has 2 N–H and O–H groups in total. The second-order valence-corrected chi connectivity index (χ2v) is 10.3. The van der Waals surface area contributed by atoms with Crippen molar-refractivity contribution < 1.29 is 12.8 Å². The first-order valence-electron chi connectivity index (χ1n) is 10.8. The van der Waals surface area contributed by atoms with Crippen LogP contribution in [0.3, 0.4) is 0 Å². The van der Waals surface area contributed by atoms with Gasteiger partial charge in [-0.05, 0) is 25.0 Å². The highest BCUT2D eigenvalue weighted by atomic mass is 32.2. The fourth-order valence-corrected chi connectivity index (χ4v) is 6.31. The number of sulfonamides is 1. The van der Waals surface area contributed by atoms with E-state index in [2.05, 4.69) is 20.2 Å². The number of nitrogens with two attached hydrogens (primary N) is 1. The van der Waals surface area contributed by atoms with Gasteiger partial charge in [0.25, 0.3) is 5.89 Å². The average Bonchev–Trinajstić information content (AvgIpc) is 3.53. The molecule has 0 amide bonds. The fraction of sp³-hybridized carbons (Fsp3) is 0.429. The molecule has 5 rings (SSSR count). The smallest absolute Gasteiger partial charge is 0.270 e. The molecular weight excluding hydrogens is 430 g/mol. The van der Waals surface area contributed by atoms with E-state index < -0.39 is 10.0 Å². The molecule has 0 spiro atoms. The monoisotopic (exact) mass is 455 g/mol. The molecule has 0 radical (unpaired) electrons. The SMILES string of the molecule is Nc1ncc(N2CCN(S(=O)(=O)C3CCCC3)CC2)nc1-c1nnc(-c2ccccc2)o1. The highest BCUT2D eigenvalue weighted by Crippen LogP contribution is 2.30. The van der Waals surface area contributed by atoms with Crippen LogP contribution in [0.2, 0.25) is 0 Å². The van der Waals surface area contributed by atoms with Crippen LogP contribution in [0.1, 0.15) is 25.7 Å². The predicted octanol–water partition coefficient (Wildman–Crippen LogP) is 2.17. The summed E-state index contributed by atoms with van der Waals surface area (Å²) in [5.41, 5.74) is 7.16. The Morgan fingerprint density at radius 3 is 2.38 bits per heavy atom. The Hall–Kier alpha value is -3.05. The average molecular weight is 456 g/mol. The van der Waals surface area contributed by atoms with E-state index in [9.17, 15) is 8.42 Å². The zero-order valence-corrected chi connectivity index (χ0v) is 18.4. The maximum Gasteiger partial charge on any atom is 0.270 e. The molecule has 1 aromatic carbocycles. The lowest BCUT2D eigenvalue weighted by Gasteiger charge is -2.35. The molecule has 0 atom stereocenters. The Balaban J connectivity index is 1.32. The summed E-state index contributed by atoms with van der Waals surface area (Å²) in [6.07, 6.45) is 5.12. The van der Waals surface area contributed by atoms with Crippen molar-refractivity contribution in [1.29, 1.82) is 0 Å². The number of nitrogen functional groups attached to an aromatic ring is 1. The Morgan fingerprint density at radius 1 is 0.969 bits per heavy atom. The second-order valence-electron chi connectivity index (χ2n) is 8.08. The summed E-state index contributed by atoms with van der Waals surface area (Å²) in [5, 5.41) is 7.96. The number of hydrogen-bond acceptors (Lipinski definition) is 9. The minimum Gasteiger partial charge on any atom is -0.414 e. The first-order valence-corrected chi connectivity index (χ1v) is 12.3.